The molecule has 1 N–H and O–H groups in total. The van der Waals surface area contributed by atoms with Crippen LogP contribution in [-0.4, -0.2) is 49.4 Å². The van der Waals surface area contributed by atoms with Gasteiger partial charge in [-0.05, 0) is 43.8 Å². The maximum atomic E-state index is 12.2. The number of methoxy groups -OCH3 is 2. The van der Waals surface area contributed by atoms with Crippen LogP contribution in [0.15, 0.2) is 18.2 Å². The van der Waals surface area contributed by atoms with Gasteiger partial charge in [0, 0.05) is 7.11 Å². The van der Waals surface area contributed by atoms with E-state index in [1.54, 1.807) is 26.0 Å². The molecule has 7 heteroatoms. The average Bonchev–Trinajstić information content (AvgIpc) is 2.79. The molecule has 0 aromatic heterocycles. The molecule has 0 saturated carbocycles. The number of nitrogens with zero attached hydrogens (tertiary/aromatic N) is 1. The van der Waals surface area contributed by atoms with Crippen molar-refractivity contribution in [3.63, 3.8) is 0 Å². The highest BCUT2D eigenvalue weighted by atomic mass is 32.1. The zero-order valence-corrected chi connectivity index (χ0v) is 14.6. The van der Waals surface area contributed by atoms with Gasteiger partial charge in [-0.25, -0.2) is 0 Å². The van der Waals surface area contributed by atoms with Gasteiger partial charge in [0.25, 0.3) is 5.91 Å². The summed E-state index contributed by atoms with van der Waals surface area (Å²) in [4.78, 5) is 13.8. The van der Waals surface area contributed by atoms with Crippen LogP contribution in [0.4, 0.5) is 0 Å². The summed E-state index contributed by atoms with van der Waals surface area (Å²) in [5, 5.41) is 3.43. The van der Waals surface area contributed by atoms with Crippen molar-refractivity contribution in [3.8, 4) is 11.5 Å². The van der Waals surface area contributed by atoms with Gasteiger partial charge >= 0.3 is 0 Å². The number of benzene rings is 1. The van der Waals surface area contributed by atoms with Gasteiger partial charge in [-0.3, -0.25) is 9.69 Å². The fourth-order valence-corrected chi connectivity index (χ4v) is 2.86. The predicted molar refractivity (Wildman–Crippen MR) is 90.8 cm³/mol. The van der Waals surface area contributed by atoms with Gasteiger partial charge in [-0.1, -0.05) is 6.07 Å². The summed E-state index contributed by atoms with van der Waals surface area (Å²) >= 11 is 5.25. The Morgan fingerprint density at radius 1 is 1.30 bits per heavy atom. The lowest BCUT2D eigenvalue weighted by molar-refractivity contribution is -0.128. The molecule has 2 rings (SSSR count). The minimum absolute atomic E-state index is 0.0260. The molecule has 2 atom stereocenters. The standard InChI is InChI=1S/C16H22N2O4S/c1-10-15(19)18(16(23)17-10)11(2)12-5-6-13(14(9-12)21-4)22-8-7-20-3/h5-6,9-11H,7-8H2,1-4H3,(H,17,23)/t10-,11+/m1/s1. The van der Waals surface area contributed by atoms with Crippen LogP contribution < -0.4 is 14.8 Å². The van der Waals surface area contributed by atoms with E-state index in [9.17, 15) is 4.79 Å². The number of hydrogen-bond donors (Lipinski definition) is 1. The zero-order chi connectivity index (χ0) is 17.0. The molecule has 0 radical (unpaired) electrons. The molecular weight excluding hydrogens is 316 g/mol. The molecule has 1 aromatic carbocycles. The third-order valence-corrected chi connectivity index (χ3v) is 4.08. The minimum atomic E-state index is -0.288. The summed E-state index contributed by atoms with van der Waals surface area (Å²) in [6, 6.07) is 5.14. The summed E-state index contributed by atoms with van der Waals surface area (Å²) in [7, 11) is 3.21. The first-order valence-corrected chi connectivity index (χ1v) is 7.83. The van der Waals surface area contributed by atoms with E-state index in [1.165, 1.54) is 0 Å². The SMILES string of the molecule is COCCOc1ccc([C@H](C)N2C(=O)[C@@H](C)NC2=S)cc1OC. The van der Waals surface area contributed by atoms with E-state index in [-0.39, 0.29) is 18.0 Å². The highest BCUT2D eigenvalue weighted by Gasteiger charge is 2.36. The number of carbonyl (C=O) groups is 1. The van der Waals surface area contributed by atoms with Gasteiger partial charge in [0.05, 0.1) is 19.8 Å². The molecule has 0 aliphatic carbocycles. The first kappa shape index (κ1) is 17.5. The van der Waals surface area contributed by atoms with Crippen molar-refractivity contribution in [2.24, 2.45) is 0 Å². The maximum absolute atomic E-state index is 12.2. The van der Waals surface area contributed by atoms with Crippen molar-refractivity contribution in [3.05, 3.63) is 23.8 Å². The van der Waals surface area contributed by atoms with Crippen LogP contribution in [0.25, 0.3) is 0 Å². The van der Waals surface area contributed by atoms with E-state index in [0.29, 0.717) is 29.8 Å². The Morgan fingerprint density at radius 2 is 2.04 bits per heavy atom. The van der Waals surface area contributed by atoms with E-state index in [0.717, 1.165) is 5.56 Å². The van der Waals surface area contributed by atoms with Crippen LogP contribution in [0.3, 0.4) is 0 Å². The van der Waals surface area contributed by atoms with Crippen molar-refractivity contribution >= 4 is 23.2 Å². The summed E-state index contributed by atoms with van der Waals surface area (Å²) in [6.45, 7) is 4.68. The van der Waals surface area contributed by atoms with Crippen LogP contribution in [0, 0.1) is 0 Å². The largest absolute Gasteiger partial charge is 0.493 e. The van der Waals surface area contributed by atoms with Gasteiger partial charge in [0.15, 0.2) is 16.6 Å². The Kier molecular flexibility index (Phi) is 5.79. The Balaban J connectivity index is 2.19. The number of rotatable bonds is 7. The van der Waals surface area contributed by atoms with E-state index in [2.05, 4.69) is 5.32 Å². The zero-order valence-electron chi connectivity index (χ0n) is 13.8. The van der Waals surface area contributed by atoms with Crippen LogP contribution in [0.1, 0.15) is 25.5 Å². The third kappa shape index (κ3) is 3.73. The van der Waals surface area contributed by atoms with Gasteiger partial charge in [-0.2, -0.15) is 0 Å². The molecule has 1 aliphatic heterocycles. The van der Waals surface area contributed by atoms with Crippen molar-refractivity contribution < 1.29 is 19.0 Å². The van der Waals surface area contributed by atoms with E-state index < -0.39 is 0 Å². The quantitative estimate of drug-likeness (QED) is 0.605. The predicted octanol–water partition coefficient (Wildman–Crippen LogP) is 1.89. The first-order valence-electron chi connectivity index (χ1n) is 7.42. The van der Waals surface area contributed by atoms with E-state index >= 15 is 0 Å². The number of amides is 1. The molecule has 0 spiro atoms. The number of thiocarbonyl (C=S) groups is 1. The summed E-state index contributed by atoms with van der Waals surface area (Å²) < 4.78 is 16.0. The number of carbonyl (C=O) groups excluding carboxylic acids is 1. The molecule has 1 fully saturated rings. The van der Waals surface area contributed by atoms with Gasteiger partial charge in [0.2, 0.25) is 0 Å². The number of ether oxygens (including phenoxy) is 3. The van der Waals surface area contributed by atoms with Crippen LogP contribution in [0.2, 0.25) is 0 Å². The smallest absolute Gasteiger partial charge is 0.251 e. The second-order valence-electron chi connectivity index (χ2n) is 5.31. The summed E-state index contributed by atoms with van der Waals surface area (Å²) in [5.74, 6) is 1.23. The van der Waals surface area contributed by atoms with E-state index in [4.69, 9.17) is 26.4 Å². The fraction of sp³-hybridized carbons (Fsp3) is 0.500. The van der Waals surface area contributed by atoms with Gasteiger partial charge < -0.3 is 19.5 Å². The molecule has 1 amide bonds. The highest BCUT2D eigenvalue weighted by molar-refractivity contribution is 7.80. The maximum Gasteiger partial charge on any atom is 0.251 e. The monoisotopic (exact) mass is 338 g/mol. The summed E-state index contributed by atoms with van der Waals surface area (Å²) in [6.07, 6.45) is 0. The van der Waals surface area contributed by atoms with Gasteiger partial charge in [-0.15, -0.1) is 0 Å². The molecule has 126 valence electrons. The number of nitrogens with one attached hydrogen (secondary N) is 1. The van der Waals surface area contributed by atoms with Crippen molar-refractivity contribution in [1.82, 2.24) is 10.2 Å². The lowest BCUT2D eigenvalue weighted by Gasteiger charge is -2.24. The molecule has 1 aliphatic rings. The highest BCUT2D eigenvalue weighted by Crippen LogP contribution is 2.33. The summed E-state index contributed by atoms with van der Waals surface area (Å²) in [5.41, 5.74) is 0.924. The normalized spacial score (nSPS) is 18.8. The molecule has 1 heterocycles. The molecule has 23 heavy (non-hydrogen) atoms. The minimum Gasteiger partial charge on any atom is -0.493 e. The lowest BCUT2D eigenvalue weighted by Crippen LogP contribution is -2.33. The number of hydrogen-bond acceptors (Lipinski definition) is 5. The van der Waals surface area contributed by atoms with Crippen molar-refractivity contribution in [1.29, 1.82) is 0 Å². The second-order valence-corrected chi connectivity index (χ2v) is 5.69. The molecule has 1 saturated heterocycles. The second kappa shape index (κ2) is 7.61. The fourth-order valence-electron chi connectivity index (χ4n) is 2.44. The topological polar surface area (TPSA) is 60.0 Å². The lowest BCUT2D eigenvalue weighted by atomic mass is 10.1. The van der Waals surface area contributed by atoms with Crippen LogP contribution >= 0.6 is 12.2 Å². The third-order valence-electron chi connectivity index (χ3n) is 3.77. The Morgan fingerprint density at radius 3 is 2.61 bits per heavy atom. The van der Waals surface area contributed by atoms with Gasteiger partial charge in [0.1, 0.15) is 12.6 Å². The van der Waals surface area contributed by atoms with Crippen LogP contribution in [0.5, 0.6) is 11.5 Å². The van der Waals surface area contributed by atoms with E-state index in [1.807, 2.05) is 25.1 Å². The Labute approximate surface area is 141 Å². The Bertz CT molecular complexity index is 593. The van der Waals surface area contributed by atoms with Crippen molar-refractivity contribution in [2.45, 2.75) is 25.9 Å². The molecular formula is C16H22N2O4S. The molecule has 0 unspecified atom stereocenters. The van der Waals surface area contributed by atoms with Crippen molar-refractivity contribution in [2.75, 3.05) is 27.4 Å². The average molecular weight is 338 g/mol. The molecule has 0 bridgehead atoms. The van der Waals surface area contributed by atoms with Crippen LogP contribution in [-0.2, 0) is 9.53 Å². The molecule has 1 aromatic rings. The first-order chi connectivity index (χ1) is 11.0. The Hall–Kier alpha value is -1.86. The molecule has 6 nitrogen and oxygen atoms in total.